The molecule has 0 fully saturated rings. The maximum atomic E-state index is 5.55. The van der Waals surface area contributed by atoms with Gasteiger partial charge in [-0.3, -0.25) is 0 Å². The summed E-state index contributed by atoms with van der Waals surface area (Å²) in [6, 6.07) is 12.5. The first kappa shape index (κ1) is 12.8. The summed E-state index contributed by atoms with van der Waals surface area (Å²) >= 11 is 0. The maximum absolute atomic E-state index is 5.55. The third kappa shape index (κ3) is 1.72. The Morgan fingerprint density at radius 2 is 1.25 bits per heavy atom. The van der Waals surface area contributed by atoms with E-state index in [2.05, 4.69) is 38.1 Å². The molecule has 0 saturated carbocycles. The van der Waals surface area contributed by atoms with Gasteiger partial charge in [-0.25, -0.2) is 0 Å². The van der Waals surface area contributed by atoms with E-state index in [1.54, 1.807) is 14.2 Å². The lowest BCUT2D eigenvalue weighted by atomic mass is 9.95. The molecule has 0 amide bonds. The number of hydrogen-bond donors (Lipinski definition) is 0. The Hall–Kier alpha value is -2.22. The first-order valence-corrected chi connectivity index (χ1v) is 6.71. The Kier molecular flexibility index (Phi) is 3.01. The van der Waals surface area contributed by atoms with E-state index >= 15 is 0 Å². The number of aryl methyl sites for hydroxylation is 2. The molecule has 0 aliphatic heterocycles. The number of ether oxygens (including phenoxy) is 2. The van der Waals surface area contributed by atoms with Gasteiger partial charge in [0, 0.05) is 10.8 Å². The van der Waals surface area contributed by atoms with Crippen LogP contribution in [0.15, 0.2) is 36.4 Å². The van der Waals surface area contributed by atoms with Gasteiger partial charge in [0.1, 0.15) is 11.5 Å². The number of fused-ring (bicyclic) bond motifs is 3. The van der Waals surface area contributed by atoms with Gasteiger partial charge in [-0.2, -0.15) is 0 Å². The van der Waals surface area contributed by atoms with E-state index in [4.69, 9.17) is 9.47 Å². The largest absolute Gasteiger partial charge is 0.496 e. The summed E-state index contributed by atoms with van der Waals surface area (Å²) in [7, 11) is 3.41. The summed E-state index contributed by atoms with van der Waals surface area (Å²) in [4.78, 5) is 0. The van der Waals surface area contributed by atoms with Crippen LogP contribution in [-0.2, 0) is 0 Å². The molecule has 0 aliphatic carbocycles. The highest BCUT2D eigenvalue weighted by Crippen LogP contribution is 2.39. The van der Waals surface area contributed by atoms with Crippen molar-refractivity contribution in [1.29, 1.82) is 0 Å². The lowest BCUT2D eigenvalue weighted by Gasteiger charge is -2.14. The second-order valence-corrected chi connectivity index (χ2v) is 5.06. The molecule has 0 radical (unpaired) electrons. The van der Waals surface area contributed by atoms with Crippen LogP contribution in [-0.4, -0.2) is 14.2 Å². The summed E-state index contributed by atoms with van der Waals surface area (Å²) in [6.07, 6.45) is 0. The first-order valence-electron chi connectivity index (χ1n) is 6.71. The minimum absolute atomic E-state index is 0.876. The highest BCUT2D eigenvalue weighted by molar-refractivity contribution is 6.13. The monoisotopic (exact) mass is 266 g/mol. The quantitative estimate of drug-likeness (QED) is 0.630. The fraction of sp³-hybridized carbons (Fsp3) is 0.222. The summed E-state index contributed by atoms with van der Waals surface area (Å²) in [5.74, 6) is 1.76. The molecular weight excluding hydrogens is 248 g/mol. The van der Waals surface area contributed by atoms with Gasteiger partial charge >= 0.3 is 0 Å². The molecule has 3 rings (SSSR count). The third-order valence-corrected chi connectivity index (χ3v) is 4.08. The number of benzene rings is 3. The van der Waals surface area contributed by atoms with Crippen molar-refractivity contribution >= 4 is 21.5 Å². The molecule has 0 bridgehead atoms. The van der Waals surface area contributed by atoms with Crippen molar-refractivity contribution in [2.45, 2.75) is 13.8 Å². The minimum Gasteiger partial charge on any atom is -0.496 e. The van der Waals surface area contributed by atoms with Gasteiger partial charge in [0.25, 0.3) is 0 Å². The topological polar surface area (TPSA) is 18.5 Å². The van der Waals surface area contributed by atoms with Crippen LogP contribution in [0.3, 0.4) is 0 Å². The van der Waals surface area contributed by atoms with E-state index in [1.165, 1.54) is 21.9 Å². The molecule has 3 aromatic rings. The highest BCUT2D eigenvalue weighted by Gasteiger charge is 2.12. The van der Waals surface area contributed by atoms with Crippen LogP contribution in [0.5, 0.6) is 11.5 Å². The fourth-order valence-electron chi connectivity index (χ4n) is 2.81. The molecule has 0 saturated heterocycles. The van der Waals surface area contributed by atoms with Crippen LogP contribution in [0.2, 0.25) is 0 Å². The van der Waals surface area contributed by atoms with Gasteiger partial charge in [-0.1, -0.05) is 18.2 Å². The molecule has 3 aromatic carbocycles. The van der Waals surface area contributed by atoms with Crippen molar-refractivity contribution in [3.05, 3.63) is 47.5 Å². The van der Waals surface area contributed by atoms with Crippen LogP contribution in [0, 0.1) is 13.8 Å². The van der Waals surface area contributed by atoms with Crippen molar-refractivity contribution in [3.63, 3.8) is 0 Å². The molecule has 0 spiro atoms. The van der Waals surface area contributed by atoms with Gasteiger partial charge in [0.05, 0.1) is 14.2 Å². The zero-order valence-electron chi connectivity index (χ0n) is 12.3. The van der Waals surface area contributed by atoms with Crippen LogP contribution >= 0.6 is 0 Å². The van der Waals surface area contributed by atoms with Crippen LogP contribution in [0.25, 0.3) is 21.5 Å². The molecule has 0 heterocycles. The molecule has 2 heteroatoms. The molecular formula is C18H18O2. The second-order valence-electron chi connectivity index (χ2n) is 5.06. The van der Waals surface area contributed by atoms with Gasteiger partial charge < -0.3 is 9.47 Å². The van der Waals surface area contributed by atoms with Gasteiger partial charge in [0.2, 0.25) is 0 Å². The van der Waals surface area contributed by atoms with Gasteiger partial charge in [0.15, 0.2) is 0 Å². The average Bonchev–Trinajstić information content (AvgIpc) is 2.49. The Bertz CT molecular complexity index is 803. The van der Waals surface area contributed by atoms with E-state index in [1.807, 2.05) is 12.1 Å². The summed E-state index contributed by atoms with van der Waals surface area (Å²) in [5.41, 5.74) is 2.62. The molecule has 0 N–H and O–H groups in total. The Morgan fingerprint density at radius 3 is 1.95 bits per heavy atom. The van der Waals surface area contributed by atoms with Crippen molar-refractivity contribution in [2.24, 2.45) is 0 Å². The molecule has 20 heavy (non-hydrogen) atoms. The van der Waals surface area contributed by atoms with E-state index in [9.17, 15) is 0 Å². The Balaban J connectivity index is 2.55. The van der Waals surface area contributed by atoms with E-state index in [0.717, 1.165) is 22.3 Å². The summed E-state index contributed by atoms with van der Waals surface area (Å²) in [5, 5.41) is 4.68. The fourth-order valence-corrected chi connectivity index (χ4v) is 2.81. The normalized spacial score (nSPS) is 11.0. The summed E-state index contributed by atoms with van der Waals surface area (Å²) < 4.78 is 11.0. The molecule has 0 aliphatic rings. The van der Waals surface area contributed by atoms with E-state index in [-0.39, 0.29) is 0 Å². The van der Waals surface area contributed by atoms with E-state index < -0.39 is 0 Å². The average molecular weight is 266 g/mol. The molecule has 0 atom stereocenters. The number of hydrogen-bond acceptors (Lipinski definition) is 2. The molecule has 2 nitrogen and oxygen atoms in total. The first-order chi connectivity index (χ1) is 9.67. The zero-order chi connectivity index (χ0) is 14.3. The predicted molar refractivity (Wildman–Crippen MR) is 84.0 cm³/mol. The lowest BCUT2D eigenvalue weighted by Crippen LogP contribution is -1.92. The highest BCUT2D eigenvalue weighted by atomic mass is 16.5. The van der Waals surface area contributed by atoms with Gasteiger partial charge in [-0.05, 0) is 53.9 Å². The van der Waals surface area contributed by atoms with Crippen LogP contribution in [0.4, 0.5) is 0 Å². The predicted octanol–water partition coefficient (Wildman–Crippen LogP) is 4.63. The van der Waals surface area contributed by atoms with Crippen molar-refractivity contribution in [3.8, 4) is 11.5 Å². The third-order valence-electron chi connectivity index (χ3n) is 4.08. The second kappa shape index (κ2) is 4.71. The van der Waals surface area contributed by atoms with Crippen molar-refractivity contribution in [1.82, 2.24) is 0 Å². The smallest absolute Gasteiger partial charge is 0.127 e. The standard InChI is InChI=1S/C18H18O2/c1-11-5-6-14-13(12(11)2)7-8-15-16(19-3)9-10-17(20-4)18(14)15/h5-10H,1-4H3. The molecule has 0 aromatic heterocycles. The maximum Gasteiger partial charge on any atom is 0.127 e. The SMILES string of the molecule is COc1ccc(OC)c2c1ccc1c(C)c(C)ccc12. The Morgan fingerprint density at radius 1 is 0.650 bits per heavy atom. The van der Waals surface area contributed by atoms with Crippen LogP contribution in [0.1, 0.15) is 11.1 Å². The minimum atomic E-state index is 0.876. The lowest BCUT2D eigenvalue weighted by molar-refractivity contribution is 0.410. The van der Waals surface area contributed by atoms with Crippen LogP contribution < -0.4 is 9.47 Å². The van der Waals surface area contributed by atoms with E-state index in [0.29, 0.717) is 0 Å². The summed E-state index contributed by atoms with van der Waals surface area (Å²) in [6.45, 7) is 4.30. The molecule has 0 unspecified atom stereocenters. The molecule has 102 valence electrons. The van der Waals surface area contributed by atoms with Crippen molar-refractivity contribution < 1.29 is 9.47 Å². The number of rotatable bonds is 2. The number of methoxy groups -OCH3 is 2. The van der Waals surface area contributed by atoms with Crippen molar-refractivity contribution in [2.75, 3.05) is 14.2 Å². The zero-order valence-corrected chi connectivity index (χ0v) is 12.3. The van der Waals surface area contributed by atoms with Gasteiger partial charge in [-0.15, -0.1) is 0 Å². The Labute approximate surface area is 118 Å².